The lowest BCUT2D eigenvalue weighted by Gasteiger charge is -2.08. The molecule has 82 valence electrons. The molecule has 0 unspecified atom stereocenters. The zero-order valence-electron chi connectivity index (χ0n) is 8.73. The molecule has 0 N–H and O–H groups in total. The maximum Gasteiger partial charge on any atom is 0.125 e. The summed E-state index contributed by atoms with van der Waals surface area (Å²) in [5, 5.41) is 1.22. The summed E-state index contributed by atoms with van der Waals surface area (Å²) in [6.07, 6.45) is 1.97. The number of allylic oxidation sites excluding steroid dienone is 1. The van der Waals surface area contributed by atoms with Gasteiger partial charge in [0.2, 0.25) is 0 Å². The predicted molar refractivity (Wildman–Crippen MR) is 68.0 cm³/mol. The van der Waals surface area contributed by atoms with Crippen LogP contribution in [0, 0.1) is 11.7 Å². The molecule has 0 nitrogen and oxygen atoms in total. The van der Waals surface area contributed by atoms with Gasteiger partial charge < -0.3 is 0 Å². The minimum Gasteiger partial charge on any atom is -0.207 e. The molecule has 0 atom stereocenters. The molecule has 0 heterocycles. The van der Waals surface area contributed by atoms with Crippen molar-refractivity contribution in [3.8, 4) is 0 Å². The average molecular weight is 292 g/mol. The molecule has 0 aromatic heterocycles. The van der Waals surface area contributed by atoms with Crippen LogP contribution in [0.2, 0.25) is 5.02 Å². The summed E-state index contributed by atoms with van der Waals surface area (Å²) < 4.78 is 13.1. The number of hydrogen-bond acceptors (Lipinski definition) is 0. The highest BCUT2D eigenvalue weighted by Crippen LogP contribution is 2.20. The van der Waals surface area contributed by atoms with Crippen molar-refractivity contribution < 1.29 is 4.39 Å². The zero-order chi connectivity index (χ0) is 11.4. The van der Waals surface area contributed by atoms with Crippen LogP contribution in [0.5, 0.6) is 0 Å². The zero-order valence-corrected chi connectivity index (χ0v) is 11.1. The van der Waals surface area contributed by atoms with Gasteiger partial charge in [0, 0.05) is 10.4 Å². The van der Waals surface area contributed by atoms with Gasteiger partial charge in [-0.25, -0.2) is 4.39 Å². The molecule has 0 aliphatic heterocycles. The highest BCUT2D eigenvalue weighted by atomic mass is 79.9. The van der Waals surface area contributed by atoms with E-state index in [2.05, 4.69) is 29.8 Å². The molecule has 0 saturated heterocycles. The number of alkyl halides is 1. The van der Waals surface area contributed by atoms with Crippen molar-refractivity contribution >= 4 is 33.6 Å². The van der Waals surface area contributed by atoms with Crippen LogP contribution in [0.4, 0.5) is 4.39 Å². The Balaban J connectivity index is 3.05. The third-order valence-corrected chi connectivity index (χ3v) is 3.00. The summed E-state index contributed by atoms with van der Waals surface area (Å²) >= 11 is 9.19. The Kier molecular flexibility index (Phi) is 4.81. The molecule has 0 aliphatic rings. The largest absolute Gasteiger partial charge is 0.207 e. The molecule has 0 saturated carbocycles. The van der Waals surface area contributed by atoms with E-state index in [1.807, 2.05) is 6.08 Å². The third kappa shape index (κ3) is 3.96. The van der Waals surface area contributed by atoms with Gasteiger partial charge in [-0.1, -0.05) is 53.0 Å². The molecular weight excluding hydrogens is 278 g/mol. The molecule has 3 heteroatoms. The normalized spacial score (nSPS) is 12.3. The van der Waals surface area contributed by atoms with Crippen LogP contribution in [0.15, 0.2) is 23.8 Å². The van der Waals surface area contributed by atoms with E-state index < -0.39 is 0 Å². The molecule has 1 aromatic carbocycles. The van der Waals surface area contributed by atoms with E-state index in [0.29, 0.717) is 10.9 Å². The van der Waals surface area contributed by atoms with Gasteiger partial charge in [-0.2, -0.15) is 0 Å². The molecule has 1 aromatic rings. The topological polar surface area (TPSA) is 0 Å². The molecule has 0 aliphatic carbocycles. The first-order valence-electron chi connectivity index (χ1n) is 4.75. The van der Waals surface area contributed by atoms with E-state index in [9.17, 15) is 4.39 Å². The van der Waals surface area contributed by atoms with E-state index in [4.69, 9.17) is 11.6 Å². The Hall–Kier alpha value is -0.340. The van der Waals surface area contributed by atoms with Crippen LogP contribution in [0.1, 0.15) is 19.4 Å². The molecule has 0 fully saturated rings. The van der Waals surface area contributed by atoms with E-state index in [-0.39, 0.29) is 5.82 Å². The summed E-state index contributed by atoms with van der Waals surface area (Å²) in [6.45, 7) is 4.21. The molecule has 0 spiro atoms. The van der Waals surface area contributed by atoms with Crippen molar-refractivity contribution in [1.29, 1.82) is 0 Å². The maximum atomic E-state index is 13.1. The monoisotopic (exact) mass is 290 g/mol. The molecule has 15 heavy (non-hydrogen) atoms. The fourth-order valence-corrected chi connectivity index (χ4v) is 2.27. The van der Waals surface area contributed by atoms with Crippen LogP contribution in [-0.4, -0.2) is 5.33 Å². The van der Waals surface area contributed by atoms with Gasteiger partial charge in [0.05, 0.1) is 0 Å². The molecule has 1 rings (SSSR count). The van der Waals surface area contributed by atoms with E-state index in [1.54, 1.807) is 6.07 Å². The SMILES string of the molecule is CC(C)/C(=C/c1cc(F)cc(Cl)c1)CBr. The Morgan fingerprint density at radius 1 is 1.47 bits per heavy atom. The van der Waals surface area contributed by atoms with Crippen molar-refractivity contribution in [3.05, 3.63) is 40.2 Å². The van der Waals surface area contributed by atoms with Gasteiger partial charge in [0.1, 0.15) is 5.82 Å². The van der Waals surface area contributed by atoms with Crippen molar-refractivity contribution in [2.75, 3.05) is 5.33 Å². The summed E-state index contributed by atoms with van der Waals surface area (Å²) in [6, 6.07) is 4.55. The van der Waals surface area contributed by atoms with Crippen molar-refractivity contribution in [2.45, 2.75) is 13.8 Å². The van der Waals surface area contributed by atoms with Gasteiger partial charge in [0.25, 0.3) is 0 Å². The third-order valence-electron chi connectivity index (χ3n) is 2.13. The van der Waals surface area contributed by atoms with E-state index in [1.165, 1.54) is 17.7 Å². The predicted octanol–water partition coefficient (Wildman–Crippen LogP) is 4.91. The fraction of sp³-hybridized carbons (Fsp3) is 0.333. The average Bonchev–Trinajstić information content (AvgIpc) is 2.12. The summed E-state index contributed by atoms with van der Waals surface area (Å²) in [5.41, 5.74) is 2.03. The lowest BCUT2D eigenvalue weighted by atomic mass is 10.0. The molecule has 0 bridgehead atoms. The van der Waals surface area contributed by atoms with Crippen LogP contribution in [0.3, 0.4) is 0 Å². The first-order chi connectivity index (χ1) is 7.02. The molecule has 0 amide bonds. The van der Waals surface area contributed by atoms with Gasteiger partial charge in [-0.3, -0.25) is 0 Å². The second-order valence-electron chi connectivity index (χ2n) is 3.71. The Morgan fingerprint density at radius 2 is 2.13 bits per heavy atom. The second-order valence-corrected chi connectivity index (χ2v) is 4.71. The summed E-state index contributed by atoms with van der Waals surface area (Å²) in [5.74, 6) is 0.137. The van der Waals surface area contributed by atoms with Gasteiger partial charge in [-0.05, 0) is 29.7 Å². The Morgan fingerprint density at radius 3 is 2.60 bits per heavy atom. The number of benzene rings is 1. The standard InChI is InChI=1S/C12H13BrClF/c1-8(2)10(7-13)3-9-4-11(14)6-12(15)5-9/h3-6,8H,7H2,1-2H3/b10-3+. The minimum atomic E-state index is -0.300. The first kappa shape index (κ1) is 12.7. The summed E-state index contributed by atoms with van der Waals surface area (Å²) in [7, 11) is 0. The second kappa shape index (κ2) is 5.66. The highest BCUT2D eigenvalue weighted by molar-refractivity contribution is 9.09. The van der Waals surface area contributed by atoms with E-state index >= 15 is 0 Å². The number of hydrogen-bond donors (Lipinski definition) is 0. The van der Waals surface area contributed by atoms with Crippen LogP contribution >= 0.6 is 27.5 Å². The van der Waals surface area contributed by atoms with Crippen molar-refractivity contribution in [1.82, 2.24) is 0 Å². The fourth-order valence-electron chi connectivity index (χ4n) is 1.23. The number of halogens is 3. The van der Waals surface area contributed by atoms with Gasteiger partial charge in [0.15, 0.2) is 0 Å². The smallest absolute Gasteiger partial charge is 0.125 e. The Bertz CT molecular complexity index is 352. The van der Waals surface area contributed by atoms with Crippen molar-refractivity contribution in [3.63, 3.8) is 0 Å². The number of rotatable bonds is 3. The van der Waals surface area contributed by atoms with Gasteiger partial charge in [-0.15, -0.1) is 0 Å². The van der Waals surface area contributed by atoms with Crippen LogP contribution < -0.4 is 0 Å². The Labute approximate surface area is 103 Å². The van der Waals surface area contributed by atoms with Crippen LogP contribution in [0.25, 0.3) is 6.08 Å². The van der Waals surface area contributed by atoms with Crippen LogP contribution in [-0.2, 0) is 0 Å². The van der Waals surface area contributed by atoms with Crippen molar-refractivity contribution in [2.24, 2.45) is 5.92 Å². The summed E-state index contributed by atoms with van der Waals surface area (Å²) in [4.78, 5) is 0. The molecule has 0 radical (unpaired) electrons. The maximum absolute atomic E-state index is 13.1. The lowest BCUT2D eigenvalue weighted by Crippen LogP contribution is -1.95. The highest BCUT2D eigenvalue weighted by Gasteiger charge is 2.03. The lowest BCUT2D eigenvalue weighted by molar-refractivity contribution is 0.627. The van der Waals surface area contributed by atoms with E-state index in [0.717, 1.165) is 10.9 Å². The first-order valence-corrected chi connectivity index (χ1v) is 6.25. The van der Waals surface area contributed by atoms with Gasteiger partial charge >= 0.3 is 0 Å². The minimum absolute atomic E-state index is 0.300. The molecular formula is C12H13BrClF. The quantitative estimate of drug-likeness (QED) is 0.694.